The number of aryl methyl sites for hydroxylation is 1. The molecule has 1 aromatic heterocycles. The first-order valence-electron chi connectivity index (χ1n) is 11.3. The smallest absolute Gasteiger partial charge is 0.191 e. The van der Waals surface area contributed by atoms with Gasteiger partial charge in [-0.3, -0.25) is 4.90 Å². The summed E-state index contributed by atoms with van der Waals surface area (Å²) in [5.41, 5.74) is 1.36. The van der Waals surface area contributed by atoms with Gasteiger partial charge in [0.05, 0.1) is 0 Å². The van der Waals surface area contributed by atoms with Crippen molar-refractivity contribution in [1.82, 2.24) is 30.3 Å². The van der Waals surface area contributed by atoms with Crippen molar-refractivity contribution < 1.29 is 4.74 Å². The van der Waals surface area contributed by atoms with Crippen LogP contribution in [0.15, 0.2) is 35.3 Å². The molecule has 3 rings (SSSR count). The highest BCUT2D eigenvalue weighted by atomic mass is 16.5. The van der Waals surface area contributed by atoms with Crippen LogP contribution < -0.4 is 10.6 Å². The fourth-order valence-corrected chi connectivity index (χ4v) is 3.85. The van der Waals surface area contributed by atoms with Crippen molar-refractivity contribution in [3.8, 4) is 0 Å². The molecule has 1 aliphatic rings. The van der Waals surface area contributed by atoms with E-state index in [1.165, 1.54) is 5.56 Å². The van der Waals surface area contributed by atoms with Crippen LogP contribution in [0.5, 0.6) is 0 Å². The van der Waals surface area contributed by atoms with Crippen molar-refractivity contribution in [1.29, 1.82) is 0 Å². The van der Waals surface area contributed by atoms with Crippen LogP contribution in [-0.2, 0) is 24.9 Å². The minimum absolute atomic E-state index is 0.359. The summed E-state index contributed by atoms with van der Waals surface area (Å²) in [6, 6.07) is 11.6. The van der Waals surface area contributed by atoms with Gasteiger partial charge in [-0.05, 0) is 39.2 Å². The van der Waals surface area contributed by atoms with Gasteiger partial charge in [0.25, 0.3) is 0 Å². The number of hydrogen-bond donors (Lipinski definition) is 2. The highest BCUT2D eigenvalue weighted by Crippen LogP contribution is 2.20. The Hall–Kier alpha value is -2.45. The van der Waals surface area contributed by atoms with Crippen molar-refractivity contribution >= 4 is 5.96 Å². The Kier molecular flexibility index (Phi) is 8.85. The van der Waals surface area contributed by atoms with E-state index in [-0.39, 0.29) is 0 Å². The Bertz CT molecular complexity index is 821. The first-order chi connectivity index (χ1) is 15.1. The van der Waals surface area contributed by atoms with Gasteiger partial charge in [-0.15, -0.1) is 10.2 Å². The maximum absolute atomic E-state index is 5.45. The molecule has 8 heteroatoms. The second-order valence-corrected chi connectivity index (χ2v) is 8.21. The summed E-state index contributed by atoms with van der Waals surface area (Å²) in [7, 11) is 1.98. The third-order valence-electron chi connectivity index (χ3n) is 5.80. The van der Waals surface area contributed by atoms with Crippen molar-refractivity contribution in [2.45, 2.75) is 58.8 Å². The van der Waals surface area contributed by atoms with Crippen LogP contribution >= 0.6 is 0 Å². The van der Waals surface area contributed by atoms with E-state index in [1.54, 1.807) is 0 Å². The average Bonchev–Trinajstić information content (AvgIpc) is 3.27. The van der Waals surface area contributed by atoms with Gasteiger partial charge in [0.1, 0.15) is 12.4 Å². The van der Waals surface area contributed by atoms with Crippen LogP contribution in [0.2, 0.25) is 0 Å². The zero-order chi connectivity index (χ0) is 22.1. The Morgan fingerprint density at radius 3 is 2.77 bits per heavy atom. The Balaban J connectivity index is 1.58. The molecule has 2 N–H and O–H groups in total. The van der Waals surface area contributed by atoms with Gasteiger partial charge in [-0.2, -0.15) is 0 Å². The number of rotatable bonds is 10. The molecule has 1 aliphatic heterocycles. The molecule has 170 valence electrons. The molecular weight excluding hydrogens is 390 g/mol. The number of likely N-dealkylation sites (tertiary alicyclic amines) is 1. The summed E-state index contributed by atoms with van der Waals surface area (Å²) in [6.45, 7) is 11.1. The minimum atomic E-state index is 0.359. The third-order valence-corrected chi connectivity index (χ3v) is 5.80. The van der Waals surface area contributed by atoms with Crippen LogP contribution in [0.3, 0.4) is 0 Å². The molecule has 2 heterocycles. The lowest BCUT2D eigenvalue weighted by Gasteiger charge is -2.21. The van der Waals surface area contributed by atoms with E-state index >= 15 is 0 Å². The molecule has 31 heavy (non-hydrogen) atoms. The first-order valence-corrected chi connectivity index (χ1v) is 11.3. The van der Waals surface area contributed by atoms with E-state index in [9.17, 15) is 0 Å². The van der Waals surface area contributed by atoms with Crippen LogP contribution in [0.25, 0.3) is 0 Å². The molecule has 2 aromatic rings. The fourth-order valence-electron chi connectivity index (χ4n) is 3.85. The Labute approximate surface area is 186 Å². The van der Waals surface area contributed by atoms with Gasteiger partial charge in [0.2, 0.25) is 0 Å². The van der Waals surface area contributed by atoms with Gasteiger partial charge < -0.3 is 19.9 Å². The topological polar surface area (TPSA) is 79.6 Å². The molecule has 0 spiro atoms. The lowest BCUT2D eigenvalue weighted by atomic mass is 10.2. The summed E-state index contributed by atoms with van der Waals surface area (Å²) >= 11 is 0. The largest absolute Gasteiger partial charge is 0.382 e. The number of aliphatic imine (C=N–C) groups is 1. The molecule has 0 bridgehead atoms. The van der Waals surface area contributed by atoms with E-state index in [0.29, 0.717) is 18.6 Å². The molecule has 2 atom stereocenters. The fraction of sp³-hybridized carbons (Fsp3) is 0.609. The molecule has 1 aromatic carbocycles. The number of guanidine groups is 1. The Morgan fingerprint density at radius 1 is 1.26 bits per heavy atom. The molecule has 1 fully saturated rings. The average molecular weight is 428 g/mol. The molecule has 1 saturated heterocycles. The summed E-state index contributed by atoms with van der Waals surface area (Å²) in [5.74, 6) is 2.58. The van der Waals surface area contributed by atoms with E-state index in [1.807, 2.05) is 25.5 Å². The van der Waals surface area contributed by atoms with Crippen LogP contribution in [-0.4, -0.2) is 64.0 Å². The number of nitrogens with one attached hydrogen (secondary N) is 2. The quantitative estimate of drug-likeness (QED) is 0.344. The molecular formula is C23H37N7O. The number of ether oxygens (including phenoxy) is 1. The summed E-state index contributed by atoms with van der Waals surface area (Å²) in [6.07, 6.45) is 2.04. The molecule has 2 unspecified atom stereocenters. The lowest BCUT2D eigenvalue weighted by Crippen LogP contribution is -2.45. The molecule has 0 amide bonds. The standard InChI is InChI=1S/C23H37N7O/c1-5-31-13-9-12-24-23(25-15-22-28-27-19(3)29(22)4)26-21-14-18(2)30(17-21)16-20-10-7-6-8-11-20/h6-8,10-11,18,21H,5,9,12-17H2,1-4H3,(H2,24,25,26). The second kappa shape index (κ2) is 11.8. The highest BCUT2D eigenvalue weighted by Gasteiger charge is 2.29. The monoisotopic (exact) mass is 427 g/mol. The highest BCUT2D eigenvalue weighted by molar-refractivity contribution is 5.80. The van der Waals surface area contributed by atoms with Gasteiger partial charge in [-0.25, -0.2) is 4.99 Å². The zero-order valence-electron chi connectivity index (χ0n) is 19.3. The molecule has 0 radical (unpaired) electrons. The van der Waals surface area contributed by atoms with Gasteiger partial charge >= 0.3 is 0 Å². The zero-order valence-corrected chi connectivity index (χ0v) is 19.3. The SMILES string of the molecule is CCOCCCNC(=NCc1nnc(C)n1C)NC1CC(C)N(Cc2ccccc2)C1. The van der Waals surface area contributed by atoms with E-state index < -0.39 is 0 Å². The maximum atomic E-state index is 5.45. The van der Waals surface area contributed by atoms with Crippen molar-refractivity contribution in [3.05, 3.63) is 47.5 Å². The van der Waals surface area contributed by atoms with Gasteiger partial charge in [-0.1, -0.05) is 30.3 Å². The van der Waals surface area contributed by atoms with E-state index in [4.69, 9.17) is 9.73 Å². The van der Waals surface area contributed by atoms with E-state index in [0.717, 1.165) is 63.3 Å². The summed E-state index contributed by atoms with van der Waals surface area (Å²) in [5, 5.41) is 15.5. The summed E-state index contributed by atoms with van der Waals surface area (Å²) < 4.78 is 7.43. The predicted octanol–water partition coefficient (Wildman–Crippen LogP) is 2.25. The first kappa shape index (κ1) is 23.2. The molecule has 0 saturated carbocycles. The van der Waals surface area contributed by atoms with Crippen molar-refractivity contribution in [2.24, 2.45) is 12.0 Å². The maximum Gasteiger partial charge on any atom is 0.191 e. The van der Waals surface area contributed by atoms with Crippen LogP contribution in [0.1, 0.15) is 43.9 Å². The normalized spacial score (nSPS) is 19.7. The van der Waals surface area contributed by atoms with Gasteiger partial charge in [0, 0.05) is 52.0 Å². The van der Waals surface area contributed by atoms with Crippen molar-refractivity contribution in [3.63, 3.8) is 0 Å². The Morgan fingerprint density at radius 2 is 2.06 bits per heavy atom. The van der Waals surface area contributed by atoms with Crippen molar-refractivity contribution in [2.75, 3.05) is 26.3 Å². The lowest BCUT2D eigenvalue weighted by molar-refractivity contribution is 0.145. The number of aromatic nitrogens is 3. The van der Waals surface area contributed by atoms with Crippen LogP contribution in [0, 0.1) is 6.92 Å². The second-order valence-electron chi connectivity index (χ2n) is 8.21. The van der Waals surface area contributed by atoms with Crippen LogP contribution in [0.4, 0.5) is 0 Å². The van der Waals surface area contributed by atoms with Gasteiger partial charge in [0.15, 0.2) is 11.8 Å². The molecule has 8 nitrogen and oxygen atoms in total. The number of nitrogens with zero attached hydrogens (tertiary/aromatic N) is 5. The predicted molar refractivity (Wildman–Crippen MR) is 124 cm³/mol. The summed E-state index contributed by atoms with van der Waals surface area (Å²) in [4.78, 5) is 7.33. The number of hydrogen-bond acceptors (Lipinski definition) is 5. The third kappa shape index (κ3) is 7.04. The number of benzene rings is 1. The molecule has 0 aliphatic carbocycles. The van der Waals surface area contributed by atoms with E-state index in [2.05, 4.69) is 63.0 Å². The minimum Gasteiger partial charge on any atom is -0.382 e.